The zero-order valence-electron chi connectivity index (χ0n) is 16.6. The monoisotopic (exact) mass is 373 g/mol. The van der Waals surface area contributed by atoms with Crippen LogP contribution in [-0.2, 0) is 0 Å². The van der Waals surface area contributed by atoms with E-state index < -0.39 is 0 Å². The third-order valence-electron chi connectivity index (χ3n) is 4.29. The van der Waals surface area contributed by atoms with Gasteiger partial charge in [-0.1, -0.05) is 6.07 Å². The van der Waals surface area contributed by atoms with Gasteiger partial charge in [-0.05, 0) is 49.2 Å². The lowest BCUT2D eigenvalue weighted by Crippen LogP contribution is -2.38. The molecule has 6 nitrogen and oxygen atoms in total. The summed E-state index contributed by atoms with van der Waals surface area (Å²) in [6, 6.07) is 15.2. The Hall–Kier alpha value is -2.44. The van der Waals surface area contributed by atoms with Crippen molar-refractivity contribution in [1.29, 1.82) is 0 Å². The van der Waals surface area contributed by atoms with Gasteiger partial charge in [0.15, 0.2) is 0 Å². The number of anilines is 1. The van der Waals surface area contributed by atoms with Gasteiger partial charge in [-0.3, -0.25) is 0 Å². The Morgan fingerprint density at radius 2 is 1.33 bits per heavy atom. The van der Waals surface area contributed by atoms with Gasteiger partial charge < -0.3 is 19.9 Å². The maximum atomic E-state index is 5.76. The maximum absolute atomic E-state index is 5.76. The number of nitrogens with two attached hydrogens (primary N) is 1. The Balaban J connectivity index is 1.56. The lowest BCUT2D eigenvalue weighted by molar-refractivity contribution is 0.0190. The van der Waals surface area contributed by atoms with Gasteiger partial charge in [-0.15, -0.1) is 0 Å². The lowest BCUT2D eigenvalue weighted by Gasteiger charge is -2.28. The molecule has 2 aromatic rings. The molecule has 0 fully saturated rings. The second-order valence-electron chi connectivity index (χ2n) is 6.41. The van der Waals surface area contributed by atoms with E-state index in [1.165, 1.54) is 0 Å². The summed E-state index contributed by atoms with van der Waals surface area (Å²) in [5, 5.41) is 4.41. The summed E-state index contributed by atoms with van der Waals surface area (Å²) in [4.78, 5) is 0. The van der Waals surface area contributed by atoms with Crippen LogP contribution in [0.25, 0.3) is 0 Å². The fourth-order valence-electron chi connectivity index (χ4n) is 2.58. The molecule has 0 aromatic heterocycles. The molecule has 0 amide bonds. The van der Waals surface area contributed by atoms with Crippen molar-refractivity contribution in [2.75, 3.05) is 53.2 Å². The standard InChI is InChI=1S/C21H31N3O3/c1-23(13-5-15-26-20-11-9-19(25-3)10-12-20)24(2)14-6-16-27-21-8-4-7-18(22)17-21/h4,7-12,17H,5-6,13-16,22H2,1-3H3. The van der Waals surface area contributed by atoms with Crippen LogP contribution in [0.2, 0.25) is 0 Å². The Morgan fingerprint density at radius 1 is 0.778 bits per heavy atom. The molecule has 2 N–H and O–H groups in total. The summed E-state index contributed by atoms with van der Waals surface area (Å²) < 4.78 is 16.6. The molecule has 148 valence electrons. The van der Waals surface area contributed by atoms with E-state index in [4.69, 9.17) is 19.9 Å². The van der Waals surface area contributed by atoms with E-state index in [1.54, 1.807) is 7.11 Å². The first kappa shape index (κ1) is 20.9. The summed E-state index contributed by atoms with van der Waals surface area (Å²) in [7, 11) is 5.84. The molecule has 0 saturated carbocycles. The molecule has 0 aliphatic heterocycles. The molecule has 0 bridgehead atoms. The SMILES string of the molecule is COc1ccc(OCCCN(C)N(C)CCCOc2cccc(N)c2)cc1. The summed E-state index contributed by atoms with van der Waals surface area (Å²) in [5.41, 5.74) is 6.47. The van der Waals surface area contributed by atoms with Gasteiger partial charge in [-0.25, -0.2) is 10.0 Å². The molecule has 0 aliphatic carbocycles. The molecule has 0 spiro atoms. The van der Waals surface area contributed by atoms with Crippen molar-refractivity contribution in [3.8, 4) is 17.2 Å². The van der Waals surface area contributed by atoms with Crippen LogP contribution in [-0.4, -0.2) is 57.5 Å². The minimum atomic E-state index is 0.669. The highest BCUT2D eigenvalue weighted by Gasteiger charge is 2.06. The van der Waals surface area contributed by atoms with Gasteiger partial charge >= 0.3 is 0 Å². The molecule has 2 aromatic carbocycles. The Labute approximate surface area is 162 Å². The van der Waals surface area contributed by atoms with Gasteiger partial charge in [0.2, 0.25) is 0 Å². The van der Waals surface area contributed by atoms with Crippen LogP contribution in [0.5, 0.6) is 17.2 Å². The molecule has 6 heteroatoms. The minimum absolute atomic E-state index is 0.669. The highest BCUT2D eigenvalue weighted by molar-refractivity contribution is 5.43. The molecular weight excluding hydrogens is 342 g/mol. The molecule has 0 atom stereocenters. The van der Waals surface area contributed by atoms with Crippen LogP contribution in [0.4, 0.5) is 5.69 Å². The van der Waals surface area contributed by atoms with Crippen molar-refractivity contribution in [3.63, 3.8) is 0 Å². The second-order valence-corrected chi connectivity index (χ2v) is 6.41. The second kappa shape index (κ2) is 11.3. The van der Waals surface area contributed by atoms with Gasteiger partial charge in [0, 0.05) is 38.9 Å². The predicted molar refractivity (Wildman–Crippen MR) is 109 cm³/mol. The van der Waals surface area contributed by atoms with Crippen LogP contribution in [0.15, 0.2) is 48.5 Å². The van der Waals surface area contributed by atoms with E-state index in [-0.39, 0.29) is 0 Å². The fourth-order valence-corrected chi connectivity index (χ4v) is 2.58. The smallest absolute Gasteiger partial charge is 0.121 e. The average molecular weight is 373 g/mol. The molecule has 27 heavy (non-hydrogen) atoms. The van der Waals surface area contributed by atoms with Gasteiger partial charge in [0.1, 0.15) is 17.2 Å². The number of rotatable bonds is 12. The number of hydrogen-bond donors (Lipinski definition) is 1. The fraction of sp³-hybridized carbons (Fsp3) is 0.429. The van der Waals surface area contributed by atoms with E-state index >= 15 is 0 Å². The summed E-state index contributed by atoms with van der Waals surface area (Å²) in [5.74, 6) is 2.52. The van der Waals surface area contributed by atoms with E-state index in [0.717, 1.165) is 48.9 Å². The predicted octanol–water partition coefficient (Wildman–Crippen LogP) is 3.29. The van der Waals surface area contributed by atoms with Gasteiger partial charge in [-0.2, -0.15) is 0 Å². The van der Waals surface area contributed by atoms with Crippen LogP contribution < -0.4 is 19.9 Å². The first-order valence-electron chi connectivity index (χ1n) is 9.26. The van der Waals surface area contributed by atoms with Crippen molar-refractivity contribution in [1.82, 2.24) is 10.0 Å². The molecule has 0 heterocycles. The Kier molecular flexibility index (Phi) is 8.74. The summed E-state index contributed by atoms with van der Waals surface area (Å²) in [6.45, 7) is 3.21. The molecular formula is C21H31N3O3. The number of hydrazine groups is 1. The van der Waals surface area contributed by atoms with Crippen molar-refractivity contribution in [2.45, 2.75) is 12.8 Å². The largest absolute Gasteiger partial charge is 0.497 e. The number of benzene rings is 2. The summed E-state index contributed by atoms with van der Waals surface area (Å²) in [6.07, 6.45) is 1.89. The number of nitrogens with zero attached hydrogens (tertiary/aromatic N) is 2. The first-order chi connectivity index (χ1) is 13.1. The van der Waals surface area contributed by atoms with E-state index in [0.29, 0.717) is 13.2 Å². The van der Waals surface area contributed by atoms with Crippen molar-refractivity contribution in [2.24, 2.45) is 0 Å². The zero-order valence-corrected chi connectivity index (χ0v) is 16.6. The third kappa shape index (κ3) is 7.76. The number of hydrogen-bond acceptors (Lipinski definition) is 6. The van der Waals surface area contributed by atoms with Gasteiger partial charge in [0.25, 0.3) is 0 Å². The third-order valence-corrected chi connectivity index (χ3v) is 4.29. The molecule has 2 rings (SSSR count). The quantitative estimate of drug-likeness (QED) is 0.350. The highest BCUT2D eigenvalue weighted by atomic mass is 16.5. The van der Waals surface area contributed by atoms with Crippen LogP contribution in [0.1, 0.15) is 12.8 Å². The molecule has 0 unspecified atom stereocenters. The maximum Gasteiger partial charge on any atom is 0.121 e. The zero-order chi connectivity index (χ0) is 19.5. The number of nitrogen functional groups attached to an aromatic ring is 1. The number of methoxy groups -OCH3 is 1. The van der Waals surface area contributed by atoms with Crippen LogP contribution in [0.3, 0.4) is 0 Å². The molecule has 0 radical (unpaired) electrons. The Bertz CT molecular complexity index is 664. The molecule has 0 aliphatic rings. The lowest BCUT2D eigenvalue weighted by atomic mass is 10.3. The Morgan fingerprint density at radius 3 is 1.89 bits per heavy atom. The minimum Gasteiger partial charge on any atom is -0.497 e. The van der Waals surface area contributed by atoms with Crippen molar-refractivity contribution < 1.29 is 14.2 Å². The number of ether oxygens (including phenoxy) is 3. The van der Waals surface area contributed by atoms with Crippen LogP contribution in [0, 0.1) is 0 Å². The average Bonchev–Trinajstić information content (AvgIpc) is 2.68. The topological polar surface area (TPSA) is 60.2 Å². The molecule has 0 saturated heterocycles. The van der Waals surface area contributed by atoms with Gasteiger partial charge in [0.05, 0.1) is 20.3 Å². The normalized spacial score (nSPS) is 11.0. The van der Waals surface area contributed by atoms with Crippen molar-refractivity contribution in [3.05, 3.63) is 48.5 Å². The first-order valence-corrected chi connectivity index (χ1v) is 9.26. The highest BCUT2D eigenvalue weighted by Crippen LogP contribution is 2.17. The van der Waals surface area contributed by atoms with E-state index in [2.05, 4.69) is 24.1 Å². The summed E-state index contributed by atoms with van der Waals surface area (Å²) >= 11 is 0. The van der Waals surface area contributed by atoms with Crippen LogP contribution >= 0.6 is 0 Å². The van der Waals surface area contributed by atoms with E-state index in [9.17, 15) is 0 Å². The van der Waals surface area contributed by atoms with Crippen molar-refractivity contribution >= 4 is 5.69 Å². The van der Waals surface area contributed by atoms with E-state index in [1.807, 2.05) is 48.5 Å².